The number of rotatable bonds is 6. The summed E-state index contributed by atoms with van der Waals surface area (Å²) in [5.74, 6) is -0.538. The molecule has 0 unspecified atom stereocenters. The summed E-state index contributed by atoms with van der Waals surface area (Å²) >= 11 is 0. The van der Waals surface area contributed by atoms with Gasteiger partial charge in [-0.1, -0.05) is 12.8 Å². The molecule has 16 heavy (non-hydrogen) atoms. The van der Waals surface area contributed by atoms with Crippen LogP contribution >= 0.6 is 0 Å². The standard InChI is InChI=1S/C11H20N2O3/c12-10(15)8-13(9-4-1-2-5-9)11(16)6-3-7-14/h9,14H,1-8H2,(H2,12,15). The Bertz CT molecular complexity index is 250. The number of aliphatic hydroxyl groups is 1. The molecule has 0 aromatic rings. The van der Waals surface area contributed by atoms with Crippen LogP contribution in [0.3, 0.4) is 0 Å². The normalized spacial score (nSPS) is 16.3. The van der Waals surface area contributed by atoms with Crippen molar-refractivity contribution in [3.8, 4) is 0 Å². The highest BCUT2D eigenvalue weighted by Crippen LogP contribution is 2.23. The molecular formula is C11H20N2O3. The van der Waals surface area contributed by atoms with Gasteiger partial charge in [0.15, 0.2) is 0 Å². The van der Waals surface area contributed by atoms with Crippen molar-refractivity contribution in [2.45, 2.75) is 44.6 Å². The number of hydrogen-bond donors (Lipinski definition) is 2. The van der Waals surface area contributed by atoms with Gasteiger partial charge in [-0.3, -0.25) is 9.59 Å². The molecule has 5 nitrogen and oxygen atoms in total. The smallest absolute Gasteiger partial charge is 0.237 e. The molecule has 0 spiro atoms. The number of carbonyl (C=O) groups excluding carboxylic acids is 2. The Morgan fingerprint density at radius 3 is 2.44 bits per heavy atom. The zero-order valence-electron chi connectivity index (χ0n) is 9.52. The number of amides is 2. The highest BCUT2D eigenvalue weighted by atomic mass is 16.3. The second-order valence-corrected chi connectivity index (χ2v) is 4.25. The largest absolute Gasteiger partial charge is 0.396 e. The van der Waals surface area contributed by atoms with Gasteiger partial charge in [-0.25, -0.2) is 0 Å². The molecule has 1 aliphatic carbocycles. The predicted octanol–water partition coefficient (Wildman–Crippen LogP) is 0.0154. The lowest BCUT2D eigenvalue weighted by Gasteiger charge is -2.27. The minimum Gasteiger partial charge on any atom is -0.396 e. The third kappa shape index (κ3) is 3.81. The van der Waals surface area contributed by atoms with Crippen molar-refractivity contribution in [1.82, 2.24) is 4.90 Å². The maximum atomic E-state index is 11.8. The molecule has 0 aromatic carbocycles. The average Bonchev–Trinajstić information content (AvgIpc) is 2.75. The van der Waals surface area contributed by atoms with Gasteiger partial charge in [0.1, 0.15) is 0 Å². The molecule has 0 saturated heterocycles. The quantitative estimate of drug-likeness (QED) is 0.672. The van der Waals surface area contributed by atoms with E-state index in [9.17, 15) is 9.59 Å². The molecular weight excluding hydrogens is 208 g/mol. The molecule has 1 rings (SSSR count). The van der Waals surface area contributed by atoms with Crippen LogP contribution in [-0.2, 0) is 9.59 Å². The maximum Gasteiger partial charge on any atom is 0.237 e. The number of primary amides is 1. The van der Waals surface area contributed by atoms with Crippen molar-refractivity contribution in [2.24, 2.45) is 5.73 Å². The van der Waals surface area contributed by atoms with Crippen molar-refractivity contribution in [3.05, 3.63) is 0 Å². The molecule has 5 heteroatoms. The van der Waals surface area contributed by atoms with Crippen molar-refractivity contribution in [1.29, 1.82) is 0 Å². The fourth-order valence-electron chi connectivity index (χ4n) is 2.18. The number of aliphatic hydroxyl groups excluding tert-OH is 1. The first-order valence-corrected chi connectivity index (χ1v) is 5.83. The number of nitrogens with two attached hydrogens (primary N) is 1. The lowest BCUT2D eigenvalue weighted by molar-refractivity contribution is -0.137. The average molecular weight is 228 g/mol. The third-order valence-corrected chi connectivity index (χ3v) is 2.96. The van der Waals surface area contributed by atoms with Crippen LogP contribution in [0.1, 0.15) is 38.5 Å². The van der Waals surface area contributed by atoms with Gasteiger partial charge in [-0.2, -0.15) is 0 Å². The Morgan fingerprint density at radius 1 is 1.31 bits per heavy atom. The van der Waals surface area contributed by atoms with Crippen molar-refractivity contribution < 1.29 is 14.7 Å². The van der Waals surface area contributed by atoms with Crippen LogP contribution in [0.25, 0.3) is 0 Å². The first-order chi connectivity index (χ1) is 7.65. The van der Waals surface area contributed by atoms with Gasteiger partial charge < -0.3 is 15.7 Å². The van der Waals surface area contributed by atoms with E-state index in [-0.39, 0.29) is 25.1 Å². The van der Waals surface area contributed by atoms with E-state index in [0.717, 1.165) is 25.7 Å². The summed E-state index contributed by atoms with van der Waals surface area (Å²) in [6.45, 7) is 0.00967. The van der Waals surface area contributed by atoms with Crippen LogP contribution in [-0.4, -0.2) is 41.0 Å². The molecule has 0 atom stereocenters. The van der Waals surface area contributed by atoms with Gasteiger partial charge >= 0.3 is 0 Å². The number of nitrogens with zero attached hydrogens (tertiary/aromatic N) is 1. The maximum absolute atomic E-state index is 11.8. The van der Waals surface area contributed by atoms with E-state index in [2.05, 4.69) is 0 Å². The van der Waals surface area contributed by atoms with Crippen LogP contribution in [0.4, 0.5) is 0 Å². The summed E-state index contributed by atoms with van der Waals surface area (Å²) in [7, 11) is 0. The molecule has 92 valence electrons. The molecule has 0 aromatic heterocycles. The molecule has 2 amide bonds. The van der Waals surface area contributed by atoms with Crippen LogP contribution in [0.5, 0.6) is 0 Å². The van der Waals surface area contributed by atoms with Gasteiger partial charge in [0.05, 0.1) is 6.54 Å². The molecule has 0 heterocycles. The van der Waals surface area contributed by atoms with E-state index in [4.69, 9.17) is 10.8 Å². The summed E-state index contributed by atoms with van der Waals surface area (Å²) in [5.41, 5.74) is 5.15. The van der Waals surface area contributed by atoms with Crippen LogP contribution < -0.4 is 5.73 Å². The first-order valence-electron chi connectivity index (χ1n) is 5.83. The lowest BCUT2D eigenvalue weighted by Crippen LogP contribution is -2.44. The summed E-state index contributed by atoms with van der Waals surface area (Å²) < 4.78 is 0. The SMILES string of the molecule is NC(=O)CN(C(=O)CCCO)C1CCCC1. The molecule has 0 bridgehead atoms. The number of carbonyl (C=O) groups is 2. The minimum atomic E-state index is -0.468. The van der Waals surface area contributed by atoms with Gasteiger partial charge in [0.2, 0.25) is 11.8 Å². The Morgan fingerprint density at radius 2 is 1.94 bits per heavy atom. The minimum absolute atomic E-state index is 0.000812. The summed E-state index contributed by atoms with van der Waals surface area (Å²) in [5, 5.41) is 8.68. The van der Waals surface area contributed by atoms with E-state index < -0.39 is 5.91 Å². The third-order valence-electron chi connectivity index (χ3n) is 2.96. The monoisotopic (exact) mass is 228 g/mol. The highest BCUT2D eigenvalue weighted by molar-refractivity contribution is 5.84. The Hall–Kier alpha value is -1.10. The molecule has 1 aliphatic rings. The summed E-state index contributed by atoms with van der Waals surface area (Å²) in [6, 6.07) is 0.165. The van der Waals surface area contributed by atoms with Crippen molar-refractivity contribution >= 4 is 11.8 Å². The van der Waals surface area contributed by atoms with Gasteiger partial charge in [-0.05, 0) is 19.3 Å². The Kier molecular flexibility index (Phi) is 5.25. The topological polar surface area (TPSA) is 83.6 Å². The molecule has 1 fully saturated rings. The lowest BCUT2D eigenvalue weighted by atomic mass is 10.1. The zero-order chi connectivity index (χ0) is 12.0. The second kappa shape index (κ2) is 6.48. The van der Waals surface area contributed by atoms with Crippen molar-refractivity contribution in [3.63, 3.8) is 0 Å². The van der Waals surface area contributed by atoms with Crippen molar-refractivity contribution in [2.75, 3.05) is 13.2 Å². The molecule has 0 aliphatic heterocycles. The van der Waals surface area contributed by atoms with E-state index >= 15 is 0 Å². The molecule has 0 radical (unpaired) electrons. The first kappa shape index (κ1) is 13.0. The van der Waals surface area contributed by atoms with Crippen LogP contribution in [0.2, 0.25) is 0 Å². The summed E-state index contributed by atoms with van der Waals surface area (Å²) in [6.07, 6.45) is 4.86. The van der Waals surface area contributed by atoms with E-state index in [0.29, 0.717) is 12.8 Å². The molecule has 3 N–H and O–H groups in total. The van der Waals surface area contributed by atoms with E-state index in [1.165, 1.54) is 0 Å². The van der Waals surface area contributed by atoms with Gasteiger partial charge in [-0.15, -0.1) is 0 Å². The highest BCUT2D eigenvalue weighted by Gasteiger charge is 2.27. The fraction of sp³-hybridized carbons (Fsp3) is 0.818. The van der Waals surface area contributed by atoms with E-state index in [1.54, 1.807) is 4.90 Å². The van der Waals surface area contributed by atoms with Crippen LogP contribution in [0, 0.1) is 0 Å². The Balaban J connectivity index is 2.54. The fourth-order valence-corrected chi connectivity index (χ4v) is 2.18. The number of hydrogen-bond acceptors (Lipinski definition) is 3. The zero-order valence-corrected chi connectivity index (χ0v) is 9.52. The second-order valence-electron chi connectivity index (χ2n) is 4.25. The van der Waals surface area contributed by atoms with Crippen LogP contribution in [0.15, 0.2) is 0 Å². The predicted molar refractivity (Wildman–Crippen MR) is 59.5 cm³/mol. The van der Waals surface area contributed by atoms with Gasteiger partial charge in [0, 0.05) is 19.1 Å². The Labute approximate surface area is 95.6 Å². The van der Waals surface area contributed by atoms with E-state index in [1.807, 2.05) is 0 Å². The summed E-state index contributed by atoms with van der Waals surface area (Å²) in [4.78, 5) is 24.3. The van der Waals surface area contributed by atoms with Gasteiger partial charge in [0.25, 0.3) is 0 Å². The molecule has 1 saturated carbocycles.